The number of aryl methyl sites for hydroxylation is 1. The Morgan fingerprint density at radius 1 is 1.33 bits per heavy atom. The number of fused-ring (bicyclic) bond motifs is 1. The van der Waals surface area contributed by atoms with Crippen LogP contribution < -0.4 is 20.7 Å². The molecule has 3 rings (SSSR count). The normalized spacial score (nSPS) is 22.2. The summed E-state index contributed by atoms with van der Waals surface area (Å²) in [6.07, 6.45) is 5.45. The number of aliphatic imine (C=N–C) groups is 1. The maximum absolute atomic E-state index is 12.1. The number of halogens is 1. The second-order valence-corrected chi connectivity index (χ2v) is 9.52. The minimum atomic E-state index is -0.726. The zero-order chi connectivity index (χ0) is 20.6. The fourth-order valence-electron chi connectivity index (χ4n) is 3.93. The van der Waals surface area contributed by atoms with Gasteiger partial charge >= 0.3 is 0 Å². The van der Waals surface area contributed by atoms with E-state index < -0.39 is 10.8 Å². The highest BCUT2D eigenvalue weighted by molar-refractivity contribution is 14.0. The van der Waals surface area contributed by atoms with Gasteiger partial charge in [0.1, 0.15) is 12.4 Å². The van der Waals surface area contributed by atoms with Crippen LogP contribution in [0.3, 0.4) is 0 Å². The molecule has 3 atom stereocenters. The number of carbonyl (C=O) groups excluding carboxylic acids is 1. The SMILES string of the molecule is CCS(=O)C1CCCC(NC(=NC)NCCOc2ccc3c(c2)CCC(=O)N3)C1.I. The van der Waals surface area contributed by atoms with Crippen molar-refractivity contribution in [1.29, 1.82) is 0 Å². The molecule has 7 nitrogen and oxygen atoms in total. The van der Waals surface area contributed by atoms with Crippen LogP contribution in [0, 0.1) is 0 Å². The third kappa shape index (κ3) is 7.11. The van der Waals surface area contributed by atoms with Gasteiger partial charge in [-0.1, -0.05) is 13.3 Å². The molecule has 1 aliphatic carbocycles. The lowest BCUT2D eigenvalue weighted by Crippen LogP contribution is -2.47. The zero-order valence-electron chi connectivity index (χ0n) is 17.7. The summed E-state index contributed by atoms with van der Waals surface area (Å²) in [5, 5.41) is 9.93. The van der Waals surface area contributed by atoms with E-state index in [4.69, 9.17) is 4.74 Å². The summed E-state index contributed by atoms with van der Waals surface area (Å²) in [6.45, 7) is 3.13. The predicted molar refractivity (Wildman–Crippen MR) is 134 cm³/mol. The van der Waals surface area contributed by atoms with Crippen molar-refractivity contribution in [1.82, 2.24) is 10.6 Å². The van der Waals surface area contributed by atoms with Crippen molar-refractivity contribution in [2.24, 2.45) is 4.99 Å². The third-order valence-electron chi connectivity index (χ3n) is 5.48. The lowest BCUT2D eigenvalue weighted by atomic mass is 9.95. The van der Waals surface area contributed by atoms with Gasteiger partial charge in [-0.05, 0) is 49.4 Å². The number of benzene rings is 1. The van der Waals surface area contributed by atoms with Gasteiger partial charge in [0.15, 0.2) is 5.96 Å². The maximum atomic E-state index is 12.1. The van der Waals surface area contributed by atoms with Crippen LogP contribution in [0.25, 0.3) is 0 Å². The van der Waals surface area contributed by atoms with Crippen LogP contribution in [-0.4, -0.2) is 53.3 Å². The average molecular weight is 548 g/mol. The van der Waals surface area contributed by atoms with E-state index in [1.807, 2.05) is 25.1 Å². The van der Waals surface area contributed by atoms with Crippen LogP contribution in [0.2, 0.25) is 0 Å². The van der Waals surface area contributed by atoms with E-state index in [-0.39, 0.29) is 29.9 Å². The van der Waals surface area contributed by atoms with Gasteiger partial charge in [-0.3, -0.25) is 14.0 Å². The molecule has 1 heterocycles. The monoisotopic (exact) mass is 548 g/mol. The van der Waals surface area contributed by atoms with E-state index in [0.717, 1.165) is 60.8 Å². The van der Waals surface area contributed by atoms with Crippen LogP contribution in [0.4, 0.5) is 5.69 Å². The molecule has 2 aliphatic rings. The smallest absolute Gasteiger partial charge is 0.224 e. The number of ether oxygens (including phenoxy) is 1. The zero-order valence-corrected chi connectivity index (χ0v) is 20.9. The number of nitrogens with one attached hydrogen (secondary N) is 3. The molecule has 1 aromatic carbocycles. The second-order valence-electron chi connectivity index (χ2n) is 7.51. The molecule has 168 valence electrons. The average Bonchev–Trinajstić information content (AvgIpc) is 2.75. The topological polar surface area (TPSA) is 91.8 Å². The summed E-state index contributed by atoms with van der Waals surface area (Å²) in [6, 6.07) is 6.09. The molecule has 1 aliphatic heterocycles. The molecular weight excluding hydrogens is 515 g/mol. The van der Waals surface area contributed by atoms with Crippen molar-refractivity contribution in [3.8, 4) is 5.75 Å². The van der Waals surface area contributed by atoms with Gasteiger partial charge in [-0.25, -0.2) is 0 Å². The fourth-order valence-corrected chi connectivity index (χ4v) is 5.27. The molecule has 0 radical (unpaired) electrons. The number of rotatable bonds is 7. The van der Waals surface area contributed by atoms with Gasteiger partial charge in [0, 0.05) is 47.0 Å². The van der Waals surface area contributed by atoms with Crippen molar-refractivity contribution in [2.75, 3.05) is 31.3 Å². The lowest BCUT2D eigenvalue weighted by Gasteiger charge is -2.30. The van der Waals surface area contributed by atoms with E-state index in [0.29, 0.717) is 30.9 Å². The Morgan fingerprint density at radius 2 is 2.17 bits per heavy atom. The number of nitrogens with zero attached hydrogens (tertiary/aromatic N) is 1. The van der Waals surface area contributed by atoms with Crippen molar-refractivity contribution in [3.63, 3.8) is 0 Å². The van der Waals surface area contributed by atoms with Crippen molar-refractivity contribution >= 4 is 52.3 Å². The molecule has 0 spiro atoms. The van der Waals surface area contributed by atoms with E-state index in [1.165, 1.54) is 0 Å². The van der Waals surface area contributed by atoms with Crippen LogP contribution in [0.5, 0.6) is 5.75 Å². The molecule has 0 aromatic heterocycles. The summed E-state index contributed by atoms with van der Waals surface area (Å²) in [7, 11) is 1.04. The van der Waals surface area contributed by atoms with Crippen molar-refractivity contribution < 1.29 is 13.7 Å². The van der Waals surface area contributed by atoms with E-state index in [9.17, 15) is 9.00 Å². The van der Waals surface area contributed by atoms with E-state index in [2.05, 4.69) is 20.9 Å². The van der Waals surface area contributed by atoms with Crippen molar-refractivity contribution in [3.05, 3.63) is 23.8 Å². The third-order valence-corrected chi connectivity index (χ3v) is 7.22. The van der Waals surface area contributed by atoms with Crippen LogP contribution in [-0.2, 0) is 22.0 Å². The highest BCUT2D eigenvalue weighted by atomic mass is 127. The summed E-state index contributed by atoms with van der Waals surface area (Å²) in [5.74, 6) is 2.37. The first-order valence-electron chi connectivity index (χ1n) is 10.5. The number of carbonyl (C=O) groups is 1. The van der Waals surface area contributed by atoms with Gasteiger partial charge < -0.3 is 20.7 Å². The Kier molecular flexibility index (Phi) is 10.4. The molecule has 1 amide bonds. The summed E-state index contributed by atoms with van der Waals surface area (Å²) >= 11 is 0. The van der Waals surface area contributed by atoms with Gasteiger partial charge in [-0.2, -0.15) is 0 Å². The van der Waals surface area contributed by atoms with Gasteiger partial charge in [-0.15, -0.1) is 24.0 Å². The number of amides is 1. The van der Waals surface area contributed by atoms with E-state index >= 15 is 0 Å². The molecule has 1 saturated carbocycles. The molecule has 0 saturated heterocycles. The maximum Gasteiger partial charge on any atom is 0.224 e. The Hall–Kier alpha value is -1.36. The first-order valence-corrected chi connectivity index (χ1v) is 11.9. The standard InChI is InChI=1S/C21H32N4O3S.HI/c1-3-29(27)18-6-4-5-16(14-18)24-21(22-2)23-11-12-28-17-8-9-19-15(13-17)7-10-20(26)25-19;/h8-9,13,16,18H,3-7,10-12,14H2,1-2H3,(H,25,26)(H2,22,23,24);1H. The molecule has 1 aromatic rings. The highest BCUT2D eigenvalue weighted by Crippen LogP contribution is 2.26. The molecule has 1 fully saturated rings. The number of guanidine groups is 1. The minimum Gasteiger partial charge on any atom is -0.492 e. The number of hydrogen-bond donors (Lipinski definition) is 3. The van der Waals surface area contributed by atoms with Gasteiger partial charge in [0.05, 0.1) is 6.54 Å². The largest absolute Gasteiger partial charge is 0.492 e. The van der Waals surface area contributed by atoms with Crippen molar-refractivity contribution in [2.45, 2.75) is 56.7 Å². The van der Waals surface area contributed by atoms with Crippen LogP contribution >= 0.6 is 24.0 Å². The quantitative estimate of drug-likeness (QED) is 0.211. The second kappa shape index (κ2) is 12.5. The summed E-state index contributed by atoms with van der Waals surface area (Å²) in [5.41, 5.74) is 2.00. The molecule has 3 N–H and O–H groups in total. The Bertz CT molecular complexity index is 775. The molecule has 3 unspecified atom stereocenters. The number of hydrogen-bond acceptors (Lipinski definition) is 4. The summed E-state index contributed by atoms with van der Waals surface area (Å²) in [4.78, 5) is 15.7. The molecule has 9 heteroatoms. The first kappa shape index (κ1) is 24.9. The fraction of sp³-hybridized carbons (Fsp3) is 0.619. The molecule has 30 heavy (non-hydrogen) atoms. The molecular formula is C21H33IN4O3S. The lowest BCUT2D eigenvalue weighted by molar-refractivity contribution is -0.116. The van der Waals surface area contributed by atoms with Crippen LogP contribution in [0.1, 0.15) is 44.6 Å². The number of anilines is 1. The van der Waals surface area contributed by atoms with Gasteiger partial charge in [0.2, 0.25) is 5.91 Å². The minimum absolute atomic E-state index is 0. The van der Waals surface area contributed by atoms with Gasteiger partial charge in [0.25, 0.3) is 0 Å². The molecule has 0 bridgehead atoms. The Labute approximate surface area is 198 Å². The highest BCUT2D eigenvalue weighted by Gasteiger charge is 2.26. The Balaban J connectivity index is 0.00000320. The van der Waals surface area contributed by atoms with E-state index in [1.54, 1.807) is 7.05 Å². The Morgan fingerprint density at radius 3 is 2.93 bits per heavy atom. The predicted octanol–water partition coefficient (Wildman–Crippen LogP) is 2.81. The first-order chi connectivity index (χ1) is 14.1. The van der Waals surface area contributed by atoms with Crippen LogP contribution in [0.15, 0.2) is 23.2 Å². The summed E-state index contributed by atoms with van der Waals surface area (Å²) < 4.78 is 18.0.